The maximum Gasteiger partial charge on any atom is 0.119 e. The molecule has 1 aliphatic carbocycles. The van der Waals surface area contributed by atoms with Gasteiger partial charge in [0.05, 0.1) is 7.11 Å². The second-order valence-electron chi connectivity index (χ2n) is 2.95. The summed E-state index contributed by atoms with van der Waals surface area (Å²) in [6.45, 7) is 0. The fraction of sp³-hybridized carbons (Fsp3) is 0.300. The van der Waals surface area contributed by atoms with Crippen molar-refractivity contribution in [3.63, 3.8) is 0 Å². The highest BCUT2D eigenvalue weighted by molar-refractivity contribution is 7.80. The van der Waals surface area contributed by atoms with Crippen molar-refractivity contribution < 1.29 is 4.74 Å². The monoisotopic (exact) mass is 178 g/mol. The number of hydrogen-bond acceptors (Lipinski definition) is 2. The molecule has 0 radical (unpaired) electrons. The average molecular weight is 178 g/mol. The lowest BCUT2D eigenvalue weighted by atomic mass is 10.1. The number of rotatable bonds is 1. The van der Waals surface area contributed by atoms with Gasteiger partial charge in [-0.3, -0.25) is 0 Å². The van der Waals surface area contributed by atoms with E-state index in [2.05, 4.69) is 6.07 Å². The first-order chi connectivity index (χ1) is 5.81. The van der Waals surface area contributed by atoms with Crippen molar-refractivity contribution in [3.05, 3.63) is 29.3 Å². The van der Waals surface area contributed by atoms with Crippen molar-refractivity contribution in [2.75, 3.05) is 7.11 Å². The van der Waals surface area contributed by atoms with Crippen molar-refractivity contribution >= 4 is 17.1 Å². The van der Waals surface area contributed by atoms with Gasteiger partial charge in [-0.1, -0.05) is 18.3 Å². The van der Waals surface area contributed by atoms with Crippen LogP contribution in [0.5, 0.6) is 5.75 Å². The molecular weight excluding hydrogens is 168 g/mol. The van der Waals surface area contributed by atoms with Crippen LogP contribution in [0.15, 0.2) is 18.2 Å². The minimum Gasteiger partial charge on any atom is -0.497 e. The van der Waals surface area contributed by atoms with Gasteiger partial charge in [-0.2, -0.15) is 0 Å². The molecule has 0 saturated carbocycles. The van der Waals surface area contributed by atoms with Crippen molar-refractivity contribution in [2.24, 2.45) is 0 Å². The standard InChI is InChI=1S/C10H10OS/c1-11-8-4-2-7-3-5-10(12)9(7)6-8/h2,4,6H,3,5H2,1H3. The fourth-order valence-electron chi connectivity index (χ4n) is 1.54. The van der Waals surface area contributed by atoms with Gasteiger partial charge in [0.2, 0.25) is 0 Å². The van der Waals surface area contributed by atoms with E-state index < -0.39 is 0 Å². The third-order valence-corrected chi connectivity index (χ3v) is 2.66. The lowest BCUT2D eigenvalue weighted by Gasteiger charge is -2.02. The molecule has 1 aromatic rings. The Morgan fingerprint density at radius 1 is 1.33 bits per heavy atom. The Hall–Kier alpha value is -0.890. The molecule has 1 aliphatic rings. The van der Waals surface area contributed by atoms with E-state index in [1.807, 2.05) is 12.1 Å². The molecule has 2 heteroatoms. The molecule has 0 amide bonds. The van der Waals surface area contributed by atoms with E-state index in [1.165, 1.54) is 11.1 Å². The van der Waals surface area contributed by atoms with Crippen LogP contribution in [-0.2, 0) is 6.42 Å². The molecule has 1 aromatic carbocycles. The van der Waals surface area contributed by atoms with Gasteiger partial charge in [0.1, 0.15) is 5.75 Å². The van der Waals surface area contributed by atoms with Gasteiger partial charge in [-0.05, 0) is 36.1 Å². The van der Waals surface area contributed by atoms with E-state index in [1.54, 1.807) is 7.11 Å². The van der Waals surface area contributed by atoms with Crippen LogP contribution in [-0.4, -0.2) is 12.0 Å². The van der Waals surface area contributed by atoms with Crippen LogP contribution in [0.25, 0.3) is 0 Å². The molecule has 1 nitrogen and oxygen atoms in total. The van der Waals surface area contributed by atoms with Crippen LogP contribution in [0.4, 0.5) is 0 Å². The Morgan fingerprint density at radius 3 is 2.92 bits per heavy atom. The molecule has 12 heavy (non-hydrogen) atoms. The average Bonchev–Trinajstić information content (AvgIpc) is 2.47. The van der Waals surface area contributed by atoms with Crippen LogP contribution in [0.1, 0.15) is 17.5 Å². The van der Waals surface area contributed by atoms with Crippen LogP contribution in [0, 0.1) is 0 Å². The zero-order valence-corrected chi connectivity index (χ0v) is 7.78. The molecular formula is C10H10OS. The van der Waals surface area contributed by atoms with Crippen molar-refractivity contribution in [2.45, 2.75) is 12.8 Å². The predicted molar refractivity (Wildman–Crippen MR) is 53.0 cm³/mol. The molecule has 0 aliphatic heterocycles. The second-order valence-corrected chi connectivity index (χ2v) is 3.44. The highest BCUT2D eigenvalue weighted by atomic mass is 32.1. The zero-order valence-electron chi connectivity index (χ0n) is 6.96. The maximum atomic E-state index is 5.23. The molecule has 0 N–H and O–H groups in total. The number of fused-ring (bicyclic) bond motifs is 1. The van der Waals surface area contributed by atoms with Gasteiger partial charge in [0.25, 0.3) is 0 Å². The molecule has 62 valence electrons. The van der Waals surface area contributed by atoms with Crippen LogP contribution in [0.2, 0.25) is 0 Å². The number of benzene rings is 1. The number of methoxy groups -OCH3 is 1. The molecule has 0 aromatic heterocycles. The third kappa shape index (κ3) is 1.12. The van der Waals surface area contributed by atoms with E-state index in [9.17, 15) is 0 Å². The highest BCUT2D eigenvalue weighted by Crippen LogP contribution is 2.26. The summed E-state index contributed by atoms with van der Waals surface area (Å²) in [5, 5.41) is 0. The number of ether oxygens (including phenoxy) is 1. The van der Waals surface area contributed by atoms with Gasteiger partial charge in [0, 0.05) is 4.86 Å². The first-order valence-electron chi connectivity index (χ1n) is 4.01. The smallest absolute Gasteiger partial charge is 0.119 e. The lowest BCUT2D eigenvalue weighted by molar-refractivity contribution is 0.414. The SMILES string of the molecule is COc1ccc2c(c1)C(=S)CC2. The number of thiocarbonyl (C=S) groups is 1. The van der Waals surface area contributed by atoms with E-state index in [0.717, 1.165) is 23.5 Å². The minimum atomic E-state index is 0.901. The summed E-state index contributed by atoms with van der Waals surface area (Å²) in [7, 11) is 1.68. The van der Waals surface area contributed by atoms with Crippen molar-refractivity contribution in [1.82, 2.24) is 0 Å². The minimum absolute atomic E-state index is 0.901. The Kier molecular flexibility index (Phi) is 1.85. The van der Waals surface area contributed by atoms with Crippen molar-refractivity contribution in [1.29, 1.82) is 0 Å². The highest BCUT2D eigenvalue weighted by Gasteiger charge is 2.15. The molecule has 0 saturated heterocycles. The summed E-state index contributed by atoms with van der Waals surface area (Å²) >= 11 is 5.23. The van der Waals surface area contributed by atoms with E-state index in [-0.39, 0.29) is 0 Å². The second kappa shape index (κ2) is 2.87. The first kappa shape index (κ1) is 7.74. The summed E-state index contributed by atoms with van der Waals surface area (Å²) in [4.78, 5) is 1.07. The number of hydrogen-bond donors (Lipinski definition) is 0. The maximum absolute atomic E-state index is 5.23. The quantitative estimate of drug-likeness (QED) is 0.610. The molecule has 0 fully saturated rings. The van der Waals surface area contributed by atoms with E-state index in [4.69, 9.17) is 17.0 Å². The molecule has 2 rings (SSSR count). The third-order valence-electron chi connectivity index (χ3n) is 2.24. The Morgan fingerprint density at radius 2 is 2.17 bits per heavy atom. The summed E-state index contributed by atoms with van der Waals surface area (Å²) in [6.07, 6.45) is 2.12. The van der Waals surface area contributed by atoms with Gasteiger partial charge < -0.3 is 4.74 Å². The van der Waals surface area contributed by atoms with Crippen LogP contribution >= 0.6 is 12.2 Å². The fourth-order valence-corrected chi connectivity index (χ4v) is 1.84. The van der Waals surface area contributed by atoms with E-state index >= 15 is 0 Å². The zero-order chi connectivity index (χ0) is 8.55. The lowest BCUT2D eigenvalue weighted by Crippen LogP contribution is -1.90. The summed E-state index contributed by atoms with van der Waals surface area (Å²) in [6, 6.07) is 6.13. The predicted octanol–water partition coefficient (Wildman–Crippen LogP) is 2.36. The largest absolute Gasteiger partial charge is 0.497 e. The molecule has 0 bridgehead atoms. The summed E-state index contributed by atoms with van der Waals surface area (Å²) in [5.74, 6) is 0.901. The summed E-state index contributed by atoms with van der Waals surface area (Å²) < 4.78 is 5.13. The van der Waals surface area contributed by atoms with Gasteiger partial charge in [-0.25, -0.2) is 0 Å². The van der Waals surface area contributed by atoms with Gasteiger partial charge in [-0.15, -0.1) is 0 Å². The van der Waals surface area contributed by atoms with Crippen molar-refractivity contribution in [3.8, 4) is 5.75 Å². The van der Waals surface area contributed by atoms with Gasteiger partial charge >= 0.3 is 0 Å². The molecule has 0 atom stereocenters. The normalized spacial score (nSPS) is 14.6. The Labute approximate surface area is 77.4 Å². The number of aryl methyl sites for hydroxylation is 1. The van der Waals surface area contributed by atoms with E-state index in [0.29, 0.717) is 0 Å². The first-order valence-corrected chi connectivity index (χ1v) is 4.42. The Balaban J connectivity index is 2.50. The summed E-state index contributed by atoms with van der Waals surface area (Å²) in [5.41, 5.74) is 2.57. The molecule has 0 heterocycles. The van der Waals surface area contributed by atoms with Gasteiger partial charge in [0.15, 0.2) is 0 Å². The molecule has 0 spiro atoms. The van der Waals surface area contributed by atoms with Crippen LogP contribution in [0.3, 0.4) is 0 Å². The molecule has 0 unspecified atom stereocenters. The topological polar surface area (TPSA) is 9.23 Å². The Bertz CT molecular complexity index is 331. The van der Waals surface area contributed by atoms with Crippen LogP contribution < -0.4 is 4.74 Å².